The molecule has 1 aliphatic rings. The fourth-order valence-corrected chi connectivity index (χ4v) is 2.84. The molecule has 76 valence electrons. The number of hydrogen-bond donors (Lipinski definition) is 1. The lowest BCUT2D eigenvalue weighted by atomic mass is 9.70. The van der Waals surface area contributed by atoms with Crippen LogP contribution < -0.4 is 5.73 Å². The summed E-state index contributed by atoms with van der Waals surface area (Å²) >= 11 is 3.61. The van der Waals surface area contributed by atoms with Crippen molar-refractivity contribution in [3.63, 3.8) is 0 Å². The quantitative estimate of drug-likeness (QED) is 0.756. The molecule has 1 aromatic carbocycles. The Morgan fingerprint density at radius 3 is 2.86 bits per heavy atom. The van der Waals surface area contributed by atoms with Crippen molar-refractivity contribution in [1.82, 2.24) is 0 Å². The Hall–Kier alpha value is -0.340. The fourth-order valence-electron chi connectivity index (χ4n) is 2.28. The summed E-state index contributed by atoms with van der Waals surface area (Å²) in [7, 11) is 0. The zero-order chi connectivity index (χ0) is 10.3. The van der Waals surface area contributed by atoms with Gasteiger partial charge in [0.2, 0.25) is 0 Å². The van der Waals surface area contributed by atoms with Gasteiger partial charge >= 0.3 is 0 Å². The van der Waals surface area contributed by atoms with Gasteiger partial charge in [-0.2, -0.15) is 0 Å². The van der Waals surface area contributed by atoms with E-state index in [1.165, 1.54) is 15.6 Å². The zero-order valence-electron chi connectivity index (χ0n) is 8.68. The second-order valence-electron chi connectivity index (χ2n) is 4.63. The fraction of sp³-hybridized carbons (Fsp3) is 0.500. The lowest BCUT2D eigenvalue weighted by molar-refractivity contribution is 0.363. The van der Waals surface area contributed by atoms with Gasteiger partial charge in [0, 0.05) is 15.9 Å². The number of benzene rings is 1. The first-order valence-corrected chi connectivity index (χ1v) is 5.86. The van der Waals surface area contributed by atoms with Crippen LogP contribution >= 0.6 is 15.9 Å². The Kier molecular flexibility index (Phi) is 2.44. The minimum atomic E-state index is 0.108. The van der Waals surface area contributed by atoms with E-state index in [0.29, 0.717) is 0 Å². The van der Waals surface area contributed by atoms with Crippen molar-refractivity contribution in [2.75, 3.05) is 0 Å². The highest BCUT2D eigenvalue weighted by atomic mass is 79.9. The third-order valence-corrected chi connectivity index (χ3v) is 4.19. The van der Waals surface area contributed by atoms with Crippen molar-refractivity contribution < 1.29 is 0 Å². The van der Waals surface area contributed by atoms with Crippen LogP contribution in [0.25, 0.3) is 0 Å². The van der Waals surface area contributed by atoms with Crippen LogP contribution in [0, 0.1) is 0 Å². The Morgan fingerprint density at radius 2 is 2.14 bits per heavy atom. The second-order valence-corrected chi connectivity index (χ2v) is 5.49. The maximum atomic E-state index is 6.16. The van der Waals surface area contributed by atoms with Gasteiger partial charge in [-0.15, -0.1) is 0 Å². The molecule has 0 saturated carbocycles. The smallest absolute Gasteiger partial charge is 0.0210 e. The van der Waals surface area contributed by atoms with Gasteiger partial charge in [-0.1, -0.05) is 41.9 Å². The molecule has 0 amide bonds. The maximum Gasteiger partial charge on any atom is 0.0210 e. The Morgan fingerprint density at radius 1 is 1.43 bits per heavy atom. The highest BCUT2D eigenvalue weighted by Gasteiger charge is 2.34. The number of rotatable bonds is 0. The first-order chi connectivity index (χ1) is 6.53. The summed E-state index contributed by atoms with van der Waals surface area (Å²) in [6.07, 6.45) is 2.18. The minimum Gasteiger partial charge on any atom is -0.327 e. The van der Waals surface area contributed by atoms with Gasteiger partial charge < -0.3 is 5.73 Å². The molecule has 0 bridgehead atoms. The molecule has 2 N–H and O–H groups in total. The average molecular weight is 254 g/mol. The lowest BCUT2D eigenvalue weighted by Gasteiger charge is -2.38. The lowest BCUT2D eigenvalue weighted by Crippen LogP contribution is -2.44. The normalized spacial score (nSPS) is 24.4. The first kappa shape index (κ1) is 10.2. The number of hydrogen-bond acceptors (Lipinski definition) is 1. The van der Waals surface area contributed by atoms with Gasteiger partial charge in [0.15, 0.2) is 0 Å². The van der Waals surface area contributed by atoms with E-state index in [9.17, 15) is 0 Å². The Balaban J connectivity index is 2.59. The molecule has 1 aromatic rings. The van der Waals surface area contributed by atoms with E-state index in [0.717, 1.165) is 12.8 Å². The predicted octanol–water partition coefficient (Wildman–Crippen LogP) is 3.00. The third-order valence-electron chi connectivity index (χ3n) is 3.45. The van der Waals surface area contributed by atoms with Crippen LogP contribution in [0.3, 0.4) is 0 Å². The topological polar surface area (TPSA) is 26.0 Å². The van der Waals surface area contributed by atoms with Gasteiger partial charge in [0.05, 0.1) is 0 Å². The molecule has 1 aliphatic carbocycles. The van der Waals surface area contributed by atoms with Crippen molar-refractivity contribution >= 4 is 15.9 Å². The van der Waals surface area contributed by atoms with E-state index in [4.69, 9.17) is 5.73 Å². The largest absolute Gasteiger partial charge is 0.327 e. The molecule has 14 heavy (non-hydrogen) atoms. The van der Waals surface area contributed by atoms with E-state index in [1.54, 1.807) is 0 Å². The summed E-state index contributed by atoms with van der Waals surface area (Å²) in [5.41, 5.74) is 9.12. The molecule has 1 atom stereocenters. The minimum absolute atomic E-state index is 0.108. The molecule has 0 radical (unpaired) electrons. The third kappa shape index (κ3) is 1.41. The SMILES string of the molecule is CC1(C)c2cccc(Br)c2CCC1N. The van der Waals surface area contributed by atoms with E-state index in [1.807, 2.05) is 0 Å². The summed E-state index contributed by atoms with van der Waals surface area (Å²) in [6.45, 7) is 4.48. The number of halogens is 1. The van der Waals surface area contributed by atoms with Crippen molar-refractivity contribution in [3.05, 3.63) is 33.8 Å². The summed E-state index contributed by atoms with van der Waals surface area (Å²) < 4.78 is 1.23. The summed E-state index contributed by atoms with van der Waals surface area (Å²) in [6, 6.07) is 6.71. The van der Waals surface area contributed by atoms with Gasteiger partial charge in [-0.05, 0) is 30.0 Å². The molecule has 1 unspecified atom stereocenters. The maximum absolute atomic E-state index is 6.16. The van der Waals surface area contributed by atoms with Crippen LogP contribution in [0.15, 0.2) is 22.7 Å². The van der Waals surface area contributed by atoms with Gasteiger partial charge in [-0.3, -0.25) is 0 Å². The highest BCUT2D eigenvalue weighted by Crippen LogP contribution is 2.38. The van der Waals surface area contributed by atoms with Gasteiger partial charge in [0.1, 0.15) is 0 Å². The molecule has 2 heteroatoms. The van der Waals surface area contributed by atoms with E-state index < -0.39 is 0 Å². The monoisotopic (exact) mass is 253 g/mol. The number of fused-ring (bicyclic) bond motifs is 1. The molecule has 0 aliphatic heterocycles. The molecule has 0 fully saturated rings. The van der Waals surface area contributed by atoms with Crippen molar-refractivity contribution in [1.29, 1.82) is 0 Å². The van der Waals surface area contributed by atoms with E-state index in [-0.39, 0.29) is 11.5 Å². The van der Waals surface area contributed by atoms with Crippen molar-refractivity contribution in [2.45, 2.75) is 38.1 Å². The molecular formula is C12H16BrN. The van der Waals surface area contributed by atoms with Crippen LogP contribution in [0.5, 0.6) is 0 Å². The summed E-state index contributed by atoms with van der Waals surface area (Å²) in [5, 5.41) is 0. The Bertz CT molecular complexity index is 357. The number of nitrogens with two attached hydrogens (primary N) is 1. The van der Waals surface area contributed by atoms with Crippen LogP contribution in [0.1, 0.15) is 31.4 Å². The predicted molar refractivity (Wildman–Crippen MR) is 63.5 cm³/mol. The molecule has 0 saturated heterocycles. The van der Waals surface area contributed by atoms with Crippen LogP contribution in [0.4, 0.5) is 0 Å². The second kappa shape index (κ2) is 3.35. The molecule has 2 rings (SSSR count). The van der Waals surface area contributed by atoms with Gasteiger partial charge in [-0.25, -0.2) is 0 Å². The van der Waals surface area contributed by atoms with Crippen LogP contribution in [-0.4, -0.2) is 6.04 Å². The molecule has 1 nitrogen and oxygen atoms in total. The average Bonchev–Trinajstić information content (AvgIpc) is 2.13. The first-order valence-electron chi connectivity index (χ1n) is 5.07. The molecule has 0 heterocycles. The van der Waals surface area contributed by atoms with Crippen LogP contribution in [-0.2, 0) is 11.8 Å². The molecular weight excluding hydrogens is 238 g/mol. The highest BCUT2D eigenvalue weighted by molar-refractivity contribution is 9.10. The Labute approximate surface area is 93.8 Å². The van der Waals surface area contributed by atoms with Crippen molar-refractivity contribution in [3.8, 4) is 0 Å². The molecule has 0 spiro atoms. The zero-order valence-corrected chi connectivity index (χ0v) is 10.3. The summed E-state index contributed by atoms with van der Waals surface area (Å²) in [5.74, 6) is 0. The standard InChI is InChI=1S/C12H16BrN/c1-12(2)9-4-3-5-10(13)8(9)6-7-11(12)14/h3-5,11H,6-7,14H2,1-2H3. The van der Waals surface area contributed by atoms with Crippen molar-refractivity contribution in [2.24, 2.45) is 5.73 Å². The van der Waals surface area contributed by atoms with Gasteiger partial charge in [0.25, 0.3) is 0 Å². The van der Waals surface area contributed by atoms with E-state index >= 15 is 0 Å². The summed E-state index contributed by atoms with van der Waals surface area (Å²) in [4.78, 5) is 0. The van der Waals surface area contributed by atoms with E-state index in [2.05, 4.69) is 48.0 Å². The molecule has 0 aromatic heterocycles. The van der Waals surface area contributed by atoms with Crippen LogP contribution in [0.2, 0.25) is 0 Å².